The van der Waals surface area contributed by atoms with Crippen molar-refractivity contribution in [2.45, 2.75) is 13.8 Å². The predicted molar refractivity (Wildman–Crippen MR) is 78.3 cm³/mol. The van der Waals surface area contributed by atoms with Crippen LogP contribution in [0.5, 0.6) is 0 Å². The van der Waals surface area contributed by atoms with E-state index in [1.54, 1.807) is 44.2 Å². The molecule has 0 saturated heterocycles. The molecule has 120 valence electrons. The molecule has 0 atom stereocenters. The second-order valence-corrected chi connectivity index (χ2v) is 4.37. The highest BCUT2D eigenvalue weighted by Crippen LogP contribution is 2.20. The Morgan fingerprint density at radius 2 is 1.61 bits per heavy atom. The number of benzene rings is 1. The quantitative estimate of drug-likeness (QED) is 0.595. The molecule has 0 fully saturated rings. The van der Waals surface area contributed by atoms with Gasteiger partial charge in [-0.05, 0) is 13.8 Å². The maximum Gasteiger partial charge on any atom is 0.378 e. The third-order valence-corrected chi connectivity index (χ3v) is 2.88. The second-order valence-electron chi connectivity index (χ2n) is 4.37. The molecule has 23 heavy (non-hydrogen) atoms. The van der Waals surface area contributed by atoms with Gasteiger partial charge in [0.25, 0.3) is 5.76 Å². The van der Waals surface area contributed by atoms with Crippen LogP contribution >= 0.6 is 0 Å². The first-order chi connectivity index (χ1) is 11.1. The van der Waals surface area contributed by atoms with Crippen LogP contribution in [0.3, 0.4) is 0 Å². The lowest BCUT2D eigenvalue weighted by Crippen LogP contribution is -2.16. The number of carbonyl (C=O) groups is 3. The summed E-state index contributed by atoms with van der Waals surface area (Å²) in [6, 6.07) is 8.22. The van der Waals surface area contributed by atoms with Gasteiger partial charge in [-0.1, -0.05) is 35.5 Å². The van der Waals surface area contributed by atoms with Crippen molar-refractivity contribution >= 4 is 17.7 Å². The van der Waals surface area contributed by atoms with Gasteiger partial charge in [0, 0.05) is 5.56 Å². The predicted octanol–water partition coefficient (Wildman–Crippen LogP) is 2.26. The highest BCUT2D eigenvalue weighted by Gasteiger charge is 2.33. The summed E-state index contributed by atoms with van der Waals surface area (Å²) in [4.78, 5) is 36.5. The number of nitrogens with zero attached hydrogens (tertiary/aromatic N) is 1. The molecule has 1 aromatic heterocycles. The van der Waals surface area contributed by atoms with Gasteiger partial charge in [0.2, 0.25) is 5.78 Å². The number of hydrogen-bond donors (Lipinski definition) is 0. The van der Waals surface area contributed by atoms with Crippen molar-refractivity contribution in [3.8, 4) is 0 Å². The SMILES string of the molecule is CCOC(=O)c1onc(C(=O)c2ccccc2)c1C(=O)OCC. The molecule has 0 amide bonds. The van der Waals surface area contributed by atoms with E-state index in [0.29, 0.717) is 5.56 Å². The van der Waals surface area contributed by atoms with E-state index < -0.39 is 23.5 Å². The van der Waals surface area contributed by atoms with E-state index in [2.05, 4.69) is 5.16 Å². The first kappa shape index (κ1) is 16.4. The largest absolute Gasteiger partial charge is 0.462 e. The molecule has 0 aliphatic carbocycles. The van der Waals surface area contributed by atoms with Crippen LogP contribution in [-0.2, 0) is 9.47 Å². The first-order valence-corrected chi connectivity index (χ1v) is 7.03. The molecule has 0 aliphatic heterocycles. The van der Waals surface area contributed by atoms with E-state index in [0.717, 1.165) is 0 Å². The summed E-state index contributed by atoms with van der Waals surface area (Å²) in [5.74, 6) is -2.73. The van der Waals surface area contributed by atoms with Gasteiger partial charge in [-0.15, -0.1) is 0 Å². The zero-order valence-electron chi connectivity index (χ0n) is 12.7. The van der Waals surface area contributed by atoms with Crippen molar-refractivity contribution in [1.29, 1.82) is 0 Å². The smallest absolute Gasteiger partial charge is 0.378 e. The zero-order valence-corrected chi connectivity index (χ0v) is 12.7. The minimum absolute atomic E-state index is 0.0746. The van der Waals surface area contributed by atoms with Crippen LogP contribution in [0.2, 0.25) is 0 Å². The van der Waals surface area contributed by atoms with Crippen molar-refractivity contribution in [1.82, 2.24) is 5.16 Å². The van der Waals surface area contributed by atoms with Crippen LogP contribution in [0.4, 0.5) is 0 Å². The van der Waals surface area contributed by atoms with E-state index in [9.17, 15) is 14.4 Å². The average Bonchev–Trinajstić information content (AvgIpc) is 3.00. The van der Waals surface area contributed by atoms with E-state index in [-0.39, 0.29) is 24.5 Å². The van der Waals surface area contributed by atoms with Crippen LogP contribution in [0, 0.1) is 0 Å². The molecule has 0 aliphatic rings. The van der Waals surface area contributed by atoms with Crippen LogP contribution in [-0.4, -0.2) is 36.1 Å². The Labute approximate surface area is 132 Å². The van der Waals surface area contributed by atoms with Gasteiger partial charge in [-0.3, -0.25) is 4.79 Å². The monoisotopic (exact) mass is 317 g/mol. The average molecular weight is 317 g/mol. The highest BCUT2D eigenvalue weighted by atomic mass is 16.6. The summed E-state index contributed by atoms with van der Waals surface area (Å²) in [6.45, 7) is 3.37. The van der Waals surface area contributed by atoms with Crippen LogP contribution < -0.4 is 0 Å². The topological polar surface area (TPSA) is 95.7 Å². The first-order valence-electron chi connectivity index (χ1n) is 7.03. The standard InChI is InChI=1S/C16H15NO6/c1-3-21-15(19)11-12(13(18)10-8-6-5-7-9-10)17-23-14(11)16(20)22-4-2/h5-9H,3-4H2,1-2H3. The Balaban J connectivity index is 2.49. The van der Waals surface area contributed by atoms with Gasteiger partial charge in [0.1, 0.15) is 5.56 Å². The van der Waals surface area contributed by atoms with Crippen LogP contribution in [0.25, 0.3) is 0 Å². The molecule has 1 aromatic carbocycles. The Hall–Kier alpha value is -2.96. The van der Waals surface area contributed by atoms with Crippen LogP contribution in [0.1, 0.15) is 50.8 Å². The van der Waals surface area contributed by atoms with E-state index in [4.69, 9.17) is 14.0 Å². The fourth-order valence-electron chi connectivity index (χ4n) is 1.90. The minimum atomic E-state index is -0.879. The van der Waals surface area contributed by atoms with Crippen molar-refractivity contribution in [2.75, 3.05) is 13.2 Å². The number of rotatable bonds is 6. The van der Waals surface area contributed by atoms with E-state index in [1.165, 1.54) is 0 Å². The second kappa shape index (κ2) is 7.35. The molecule has 0 unspecified atom stereocenters. The van der Waals surface area contributed by atoms with Gasteiger partial charge < -0.3 is 14.0 Å². The summed E-state index contributed by atoms with van der Waals surface area (Å²) in [6.07, 6.45) is 0. The lowest BCUT2D eigenvalue weighted by atomic mass is 10.0. The highest BCUT2D eigenvalue weighted by molar-refractivity contribution is 6.15. The molecular formula is C16H15NO6. The lowest BCUT2D eigenvalue weighted by Gasteiger charge is -2.03. The number of esters is 2. The van der Waals surface area contributed by atoms with E-state index in [1.807, 2.05) is 0 Å². The minimum Gasteiger partial charge on any atom is -0.462 e. The molecule has 7 nitrogen and oxygen atoms in total. The molecule has 2 rings (SSSR count). The molecule has 0 bridgehead atoms. The Bertz CT molecular complexity index is 719. The molecule has 2 aromatic rings. The van der Waals surface area contributed by atoms with Gasteiger partial charge in [-0.2, -0.15) is 0 Å². The van der Waals surface area contributed by atoms with Crippen molar-refractivity contribution in [3.63, 3.8) is 0 Å². The molecule has 0 N–H and O–H groups in total. The van der Waals surface area contributed by atoms with Crippen molar-refractivity contribution in [2.24, 2.45) is 0 Å². The zero-order chi connectivity index (χ0) is 16.8. The molecule has 1 heterocycles. The van der Waals surface area contributed by atoms with Crippen LogP contribution in [0.15, 0.2) is 34.9 Å². The molecule has 7 heteroatoms. The Morgan fingerprint density at radius 1 is 1.00 bits per heavy atom. The fraction of sp³-hybridized carbons (Fsp3) is 0.250. The number of ketones is 1. The van der Waals surface area contributed by atoms with E-state index >= 15 is 0 Å². The third-order valence-electron chi connectivity index (χ3n) is 2.88. The van der Waals surface area contributed by atoms with Crippen molar-refractivity contribution < 1.29 is 28.4 Å². The molecule has 0 saturated carbocycles. The lowest BCUT2D eigenvalue weighted by molar-refractivity contribution is 0.0445. The fourth-order valence-corrected chi connectivity index (χ4v) is 1.90. The molecule has 0 spiro atoms. The van der Waals surface area contributed by atoms with Gasteiger partial charge in [-0.25, -0.2) is 9.59 Å². The molecular weight excluding hydrogens is 302 g/mol. The van der Waals surface area contributed by atoms with Crippen molar-refractivity contribution in [3.05, 3.63) is 52.9 Å². The summed E-state index contributed by atoms with van der Waals surface area (Å²) < 4.78 is 14.6. The summed E-state index contributed by atoms with van der Waals surface area (Å²) in [7, 11) is 0. The summed E-state index contributed by atoms with van der Waals surface area (Å²) in [5, 5.41) is 3.57. The number of ether oxygens (including phenoxy) is 2. The van der Waals surface area contributed by atoms with Gasteiger partial charge in [0.15, 0.2) is 5.69 Å². The summed E-state index contributed by atoms with van der Waals surface area (Å²) >= 11 is 0. The third kappa shape index (κ3) is 3.45. The molecule has 0 radical (unpaired) electrons. The maximum atomic E-state index is 12.5. The van der Waals surface area contributed by atoms with Gasteiger partial charge in [0.05, 0.1) is 13.2 Å². The summed E-state index contributed by atoms with van der Waals surface area (Å²) in [5.41, 5.74) is -0.293. The number of aromatic nitrogens is 1. The maximum absolute atomic E-state index is 12.5. The number of carbonyl (C=O) groups excluding carboxylic acids is 3. The van der Waals surface area contributed by atoms with Gasteiger partial charge >= 0.3 is 11.9 Å². The number of hydrogen-bond acceptors (Lipinski definition) is 7. The Morgan fingerprint density at radius 3 is 2.22 bits per heavy atom. The Kier molecular flexibility index (Phi) is 5.24. The normalized spacial score (nSPS) is 10.2.